The number of hydrogen-bond donors (Lipinski definition) is 0. The number of esters is 1. The number of rotatable bonds is 4. The van der Waals surface area contributed by atoms with Crippen LogP contribution in [0.15, 0.2) is 11.5 Å². The summed E-state index contributed by atoms with van der Waals surface area (Å²) in [6.45, 7) is 12.5. The summed E-state index contributed by atoms with van der Waals surface area (Å²) in [6.07, 6.45) is 0. The van der Waals surface area contributed by atoms with E-state index in [9.17, 15) is 4.79 Å². The molecule has 0 aromatic carbocycles. The fourth-order valence-corrected chi connectivity index (χ4v) is 0.752. The summed E-state index contributed by atoms with van der Waals surface area (Å²) in [5.41, 5.74) is -0.0799. The molecule has 0 bridgehead atoms. The van der Waals surface area contributed by atoms with E-state index in [1.807, 2.05) is 0 Å². The van der Waals surface area contributed by atoms with Crippen LogP contribution in [-0.2, 0) is 14.3 Å². The smallest absolute Gasteiger partial charge is 0.339 e. The average Bonchev–Trinajstić information content (AvgIpc) is 2.06. The van der Waals surface area contributed by atoms with Gasteiger partial charge in [-0.2, -0.15) is 0 Å². The van der Waals surface area contributed by atoms with Crippen LogP contribution in [0.3, 0.4) is 0 Å². The van der Waals surface area contributed by atoms with Gasteiger partial charge in [0.05, 0.1) is 19.8 Å². The number of nitrogens with zero attached hydrogens (tertiary/aromatic N) is 1. The van der Waals surface area contributed by atoms with Gasteiger partial charge in [0.25, 0.3) is 0 Å². The van der Waals surface area contributed by atoms with Gasteiger partial charge in [0.2, 0.25) is 0 Å². The molecule has 0 amide bonds. The van der Waals surface area contributed by atoms with Crippen LogP contribution in [0.1, 0.15) is 20.8 Å². The van der Waals surface area contributed by atoms with Crippen molar-refractivity contribution in [2.24, 2.45) is 0 Å². The lowest BCUT2D eigenvalue weighted by Crippen LogP contribution is -2.08. The van der Waals surface area contributed by atoms with Gasteiger partial charge in [0.15, 0.2) is 0 Å². The zero-order valence-electron chi connectivity index (χ0n) is 8.09. The molecule has 72 valence electrons. The van der Waals surface area contributed by atoms with Gasteiger partial charge in [-0.3, -0.25) is 4.79 Å². The molecule has 0 heterocycles. The van der Waals surface area contributed by atoms with Crippen molar-refractivity contribution < 1.29 is 14.3 Å². The van der Waals surface area contributed by atoms with Crippen LogP contribution < -0.4 is 0 Å². The lowest BCUT2D eigenvalue weighted by Gasteiger charge is -2.05. The molecule has 0 aliphatic carbocycles. The fraction of sp³-hybridized carbons (Fsp3) is 0.556. The molecule has 0 fully saturated rings. The molecule has 0 saturated heterocycles. The molecular weight excluding hydrogens is 170 g/mol. The van der Waals surface area contributed by atoms with Crippen LogP contribution in [-0.4, -0.2) is 19.2 Å². The molecule has 0 atom stereocenters. The highest BCUT2D eigenvalue weighted by Gasteiger charge is 2.15. The molecule has 4 nitrogen and oxygen atoms in total. The molecule has 13 heavy (non-hydrogen) atoms. The predicted molar refractivity (Wildman–Crippen MR) is 47.6 cm³/mol. The topological polar surface area (TPSA) is 39.9 Å². The molecule has 0 aliphatic heterocycles. The van der Waals surface area contributed by atoms with Gasteiger partial charge in [-0.25, -0.2) is 4.85 Å². The maximum Gasteiger partial charge on any atom is 0.339 e. The van der Waals surface area contributed by atoms with Crippen LogP contribution in [0, 0.1) is 6.57 Å². The Morgan fingerprint density at radius 1 is 1.31 bits per heavy atom. The Balaban J connectivity index is 4.59. The summed E-state index contributed by atoms with van der Waals surface area (Å²) in [6, 6.07) is 0. The highest BCUT2D eigenvalue weighted by molar-refractivity contribution is 5.90. The Kier molecular flexibility index (Phi) is 5.37. The normalized spacial score (nSPS) is 11.2. The number of allylic oxidation sites excluding steroid dienone is 1. The van der Waals surface area contributed by atoms with Gasteiger partial charge < -0.3 is 9.47 Å². The van der Waals surface area contributed by atoms with E-state index in [4.69, 9.17) is 11.3 Å². The Labute approximate surface area is 78.0 Å². The Morgan fingerprint density at radius 2 is 1.85 bits per heavy atom. The van der Waals surface area contributed by atoms with Crippen molar-refractivity contribution >= 4 is 5.97 Å². The Bertz CT molecular complexity index is 250. The molecule has 0 aliphatic rings. The van der Waals surface area contributed by atoms with Crippen molar-refractivity contribution in [3.8, 4) is 0 Å². The zero-order valence-corrected chi connectivity index (χ0v) is 8.09. The van der Waals surface area contributed by atoms with Crippen molar-refractivity contribution in [3.05, 3.63) is 22.9 Å². The molecule has 0 saturated carbocycles. The summed E-state index contributed by atoms with van der Waals surface area (Å²) < 4.78 is 9.70. The van der Waals surface area contributed by atoms with Crippen LogP contribution in [0.5, 0.6) is 0 Å². The second-order valence-electron chi connectivity index (χ2n) is 2.17. The van der Waals surface area contributed by atoms with Gasteiger partial charge in [-0.15, -0.1) is 0 Å². The lowest BCUT2D eigenvalue weighted by atomic mass is 10.4. The first-order chi connectivity index (χ1) is 6.17. The largest absolute Gasteiger partial charge is 0.509 e. The number of ether oxygens (including phenoxy) is 2. The van der Waals surface area contributed by atoms with Gasteiger partial charge in [-0.1, -0.05) is 0 Å². The molecule has 4 heteroatoms. The van der Waals surface area contributed by atoms with E-state index in [2.05, 4.69) is 9.58 Å². The minimum absolute atomic E-state index is 0.0799. The van der Waals surface area contributed by atoms with Crippen LogP contribution in [0.2, 0.25) is 0 Å². The van der Waals surface area contributed by atoms with Crippen LogP contribution in [0.25, 0.3) is 4.85 Å². The third kappa shape index (κ3) is 3.61. The predicted octanol–water partition coefficient (Wildman–Crippen LogP) is 1.74. The van der Waals surface area contributed by atoms with E-state index in [0.29, 0.717) is 12.4 Å². The highest BCUT2D eigenvalue weighted by atomic mass is 16.5. The molecule has 0 N–H and O–H groups in total. The minimum atomic E-state index is -0.622. The van der Waals surface area contributed by atoms with E-state index in [-0.39, 0.29) is 12.3 Å². The minimum Gasteiger partial charge on any atom is -0.509 e. The quantitative estimate of drug-likeness (QED) is 0.288. The molecule has 0 aromatic heterocycles. The second-order valence-corrected chi connectivity index (χ2v) is 2.17. The SMILES string of the molecule is [C-]#[N+]C(C(=O)OCC)=C(C)OCC. The Hall–Kier alpha value is -1.50. The van der Waals surface area contributed by atoms with Crippen LogP contribution in [0.4, 0.5) is 0 Å². The molecule has 0 rings (SSSR count). The molecule has 0 spiro atoms. The van der Waals surface area contributed by atoms with E-state index in [0.717, 1.165) is 0 Å². The number of carbonyl (C=O) groups is 1. The van der Waals surface area contributed by atoms with Crippen LogP contribution >= 0.6 is 0 Å². The first kappa shape index (κ1) is 11.5. The van der Waals surface area contributed by atoms with Crippen molar-refractivity contribution in [1.82, 2.24) is 0 Å². The van der Waals surface area contributed by atoms with E-state index in [1.54, 1.807) is 20.8 Å². The summed E-state index contributed by atoms with van der Waals surface area (Å²) in [5.74, 6) is -0.306. The third-order valence-electron chi connectivity index (χ3n) is 1.27. The maximum atomic E-state index is 11.1. The lowest BCUT2D eigenvalue weighted by molar-refractivity contribution is -0.138. The van der Waals surface area contributed by atoms with Crippen molar-refractivity contribution in [3.63, 3.8) is 0 Å². The van der Waals surface area contributed by atoms with Gasteiger partial charge >= 0.3 is 11.7 Å². The summed E-state index contributed by atoms with van der Waals surface area (Å²) in [5, 5.41) is 0. The van der Waals surface area contributed by atoms with Gasteiger partial charge in [0.1, 0.15) is 5.76 Å². The monoisotopic (exact) mass is 183 g/mol. The first-order valence-corrected chi connectivity index (χ1v) is 4.05. The van der Waals surface area contributed by atoms with E-state index >= 15 is 0 Å². The molecule has 0 radical (unpaired) electrons. The number of carbonyl (C=O) groups excluding carboxylic acids is 1. The van der Waals surface area contributed by atoms with Crippen molar-refractivity contribution in [2.75, 3.05) is 13.2 Å². The van der Waals surface area contributed by atoms with Gasteiger partial charge in [0, 0.05) is 0 Å². The Morgan fingerprint density at radius 3 is 2.23 bits per heavy atom. The maximum absolute atomic E-state index is 11.1. The third-order valence-corrected chi connectivity index (χ3v) is 1.27. The first-order valence-electron chi connectivity index (χ1n) is 4.05. The highest BCUT2D eigenvalue weighted by Crippen LogP contribution is 2.09. The number of hydrogen-bond acceptors (Lipinski definition) is 3. The summed E-state index contributed by atoms with van der Waals surface area (Å²) in [7, 11) is 0. The summed E-state index contributed by atoms with van der Waals surface area (Å²) in [4.78, 5) is 14.2. The summed E-state index contributed by atoms with van der Waals surface area (Å²) >= 11 is 0. The average molecular weight is 183 g/mol. The molecule has 0 aromatic rings. The molecule has 0 unspecified atom stereocenters. The van der Waals surface area contributed by atoms with E-state index in [1.165, 1.54) is 0 Å². The fourth-order valence-electron chi connectivity index (χ4n) is 0.752. The zero-order chi connectivity index (χ0) is 10.3. The standard InChI is InChI=1S/C9H13NO3/c1-5-12-7(3)8(10-4)9(11)13-6-2/h5-6H2,1-3H3. The van der Waals surface area contributed by atoms with Crippen molar-refractivity contribution in [1.29, 1.82) is 0 Å². The second kappa shape index (κ2) is 6.06. The van der Waals surface area contributed by atoms with E-state index < -0.39 is 5.97 Å². The molecular formula is C9H13NO3. The van der Waals surface area contributed by atoms with Gasteiger partial charge in [-0.05, 0) is 20.8 Å². The van der Waals surface area contributed by atoms with Crippen molar-refractivity contribution in [2.45, 2.75) is 20.8 Å².